The molecule has 3 rings (SSSR count). The number of hydrogen-bond acceptors (Lipinski definition) is 8. The van der Waals surface area contributed by atoms with Crippen molar-refractivity contribution in [3.05, 3.63) is 53.9 Å². The third-order valence-corrected chi connectivity index (χ3v) is 9.40. The van der Waals surface area contributed by atoms with E-state index in [-0.39, 0.29) is 40.5 Å². The van der Waals surface area contributed by atoms with Crippen LogP contribution in [0.2, 0.25) is 0 Å². The lowest BCUT2D eigenvalue weighted by Crippen LogP contribution is -2.23. The number of rotatable bonds is 11. The molecule has 2 heterocycles. The highest BCUT2D eigenvalue weighted by Gasteiger charge is 2.36. The Hall–Kier alpha value is -3.38. The lowest BCUT2D eigenvalue weighted by molar-refractivity contribution is 0.0945. The molecule has 12 heteroatoms. The first-order chi connectivity index (χ1) is 17.1. The molecule has 194 valence electrons. The van der Waals surface area contributed by atoms with Crippen molar-refractivity contribution < 1.29 is 31.1 Å². The maximum Gasteiger partial charge on any atom is 0.289 e. The van der Waals surface area contributed by atoms with Crippen molar-refractivity contribution in [1.82, 2.24) is 9.83 Å². The lowest BCUT2D eigenvalue weighted by Gasteiger charge is -2.09. The molecule has 0 spiro atoms. The average Bonchev–Trinajstić information content (AvgIpc) is 3.21. The van der Waals surface area contributed by atoms with E-state index in [1.807, 2.05) is 0 Å². The van der Waals surface area contributed by atoms with Crippen LogP contribution in [0.15, 0.2) is 57.5 Å². The lowest BCUT2D eigenvalue weighted by atomic mass is 10.2. The summed E-state index contributed by atoms with van der Waals surface area (Å²) < 4.78 is 64.7. The fourth-order valence-electron chi connectivity index (χ4n) is 3.85. The molecule has 0 saturated heterocycles. The number of nitrogens with zero attached hydrogens (tertiary/aromatic N) is 2. The summed E-state index contributed by atoms with van der Waals surface area (Å²) in [6, 6.07) is 9.67. The highest BCUT2D eigenvalue weighted by Crippen LogP contribution is 2.34. The van der Waals surface area contributed by atoms with Crippen molar-refractivity contribution in [2.45, 2.75) is 36.5 Å². The second kappa shape index (κ2) is 11.1. The van der Waals surface area contributed by atoms with Crippen LogP contribution in [0.1, 0.15) is 42.7 Å². The number of methoxy groups -OCH3 is 2. The van der Waals surface area contributed by atoms with Crippen LogP contribution in [-0.4, -0.2) is 59.1 Å². The Kier molecular flexibility index (Phi) is 8.41. The molecule has 1 aromatic carbocycles. The van der Waals surface area contributed by atoms with Crippen LogP contribution >= 0.6 is 0 Å². The molecule has 3 aromatic rings. The molecule has 0 aliphatic heterocycles. The first-order valence-electron chi connectivity index (χ1n) is 11.2. The van der Waals surface area contributed by atoms with Crippen molar-refractivity contribution >= 4 is 37.3 Å². The van der Waals surface area contributed by atoms with Crippen LogP contribution < -0.4 is 14.9 Å². The van der Waals surface area contributed by atoms with Gasteiger partial charge in [-0.05, 0) is 48.7 Å². The third kappa shape index (κ3) is 5.39. The summed E-state index contributed by atoms with van der Waals surface area (Å²) in [7, 11) is -5.13. The summed E-state index contributed by atoms with van der Waals surface area (Å²) in [6.45, 7) is 3.35. The Morgan fingerprint density at radius 1 is 0.944 bits per heavy atom. The second-order valence-corrected chi connectivity index (χ2v) is 12.0. The van der Waals surface area contributed by atoms with Crippen molar-refractivity contribution in [2.75, 3.05) is 25.7 Å². The van der Waals surface area contributed by atoms with E-state index in [4.69, 9.17) is 9.47 Å². The number of nitrogens with one attached hydrogen (secondary N) is 1. The molecule has 1 N–H and O–H groups in total. The van der Waals surface area contributed by atoms with Crippen LogP contribution in [0, 0.1) is 0 Å². The fraction of sp³-hybridized carbons (Fsp3) is 0.333. The summed E-state index contributed by atoms with van der Waals surface area (Å²) in [4.78, 5) is 12.4. The maximum absolute atomic E-state index is 13.3. The van der Waals surface area contributed by atoms with Gasteiger partial charge in [-0.2, -0.15) is 5.10 Å². The molecule has 0 radical (unpaired) electrons. The number of benzene rings is 1. The Morgan fingerprint density at radius 2 is 1.58 bits per heavy atom. The topological polar surface area (TPSA) is 133 Å². The Bertz CT molecular complexity index is 1510. The van der Waals surface area contributed by atoms with Crippen molar-refractivity contribution in [3.63, 3.8) is 0 Å². The van der Waals surface area contributed by atoms with E-state index in [1.54, 1.807) is 44.2 Å². The van der Waals surface area contributed by atoms with Crippen molar-refractivity contribution in [2.24, 2.45) is 5.10 Å². The number of amides is 1. The average molecular weight is 536 g/mol. The predicted molar refractivity (Wildman–Crippen MR) is 137 cm³/mol. The normalized spacial score (nSPS) is 12.2. The quantitative estimate of drug-likeness (QED) is 0.295. The van der Waals surface area contributed by atoms with Gasteiger partial charge in [-0.25, -0.2) is 22.3 Å². The molecule has 0 bridgehead atoms. The minimum atomic E-state index is -4.12. The standard InChI is InChI=1S/C24H29N3O7S2/c1-5-13-35(29,30)22-18-9-7-8-12-27(18)21(23(22)36(31,32)14-6-2)24(28)26-25-16-17-10-11-19(33-3)20(15-17)34-4/h7-12,15-16H,5-6,13-14H2,1-4H3,(H,26,28)/b25-16+. The fourth-order valence-corrected chi connectivity index (χ4v) is 7.83. The Morgan fingerprint density at radius 3 is 2.19 bits per heavy atom. The van der Waals surface area contributed by atoms with Gasteiger partial charge in [-0.15, -0.1) is 0 Å². The van der Waals surface area contributed by atoms with E-state index in [1.165, 1.54) is 37.1 Å². The zero-order valence-corrected chi connectivity index (χ0v) is 22.1. The molecule has 10 nitrogen and oxygen atoms in total. The highest BCUT2D eigenvalue weighted by molar-refractivity contribution is 7.94. The molecule has 0 aliphatic rings. The summed E-state index contributed by atoms with van der Waals surface area (Å²) in [6.07, 6.45) is 3.35. The molecule has 0 unspecified atom stereocenters. The summed E-state index contributed by atoms with van der Waals surface area (Å²) in [5.74, 6) is -0.447. The third-order valence-electron chi connectivity index (χ3n) is 5.32. The predicted octanol–water partition coefficient (Wildman–Crippen LogP) is 3.09. The number of fused-ring (bicyclic) bond motifs is 1. The molecular formula is C24H29N3O7S2. The van der Waals surface area contributed by atoms with Crippen LogP contribution in [0.4, 0.5) is 0 Å². The van der Waals surface area contributed by atoms with Crippen LogP contribution in [0.3, 0.4) is 0 Å². The minimum absolute atomic E-state index is 0.120. The van der Waals surface area contributed by atoms with Gasteiger partial charge in [-0.3, -0.25) is 4.79 Å². The van der Waals surface area contributed by atoms with Gasteiger partial charge in [0.1, 0.15) is 15.5 Å². The van der Waals surface area contributed by atoms with Gasteiger partial charge in [0.15, 0.2) is 31.2 Å². The molecule has 36 heavy (non-hydrogen) atoms. The van der Waals surface area contributed by atoms with E-state index in [0.29, 0.717) is 17.1 Å². The molecule has 0 fully saturated rings. The van der Waals surface area contributed by atoms with Crippen LogP contribution in [-0.2, 0) is 19.7 Å². The van der Waals surface area contributed by atoms with Gasteiger partial charge in [-0.1, -0.05) is 19.9 Å². The van der Waals surface area contributed by atoms with Gasteiger partial charge >= 0.3 is 0 Å². The van der Waals surface area contributed by atoms with Gasteiger partial charge < -0.3 is 13.9 Å². The monoisotopic (exact) mass is 535 g/mol. The zero-order chi connectivity index (χ0) is 26.5. The van der Waals surface area contributed by atoms with Crippen LogP contribution in [0.5, 0.6) is 11.5 Å². The molecule has 0 aliphatic carbocycles. The smallest absolute Gasteiger partial charge is 0.289 e. The SMILES string of the molecule is CCCS(=O)(=O)c1c(S(=O)(=O)CCC)c2ccccn2c1C(=O)N/N=C/c1ccc(OC)c(OC)c1. The number of carbonyl (C=O) groups is 1. The van der Waals surface area contributed by atoms with Gasteiger partial charge in [0.25, 0.3) is 5.91 Å². The zero-order valence-electron chi connectivity index (χ0n) is 20.5. The number of aromatic nitrogens is 1. The number of sulfone groups is 2. The maximum atomic E-state index is 13.3. The molecule has 2 aromatic heterocycles. The minimum Gasteiger partial charge on any atom is -0.493 e. The summed E-state index contributed by atoms with van der Waals surface area (Å²) in [5, 5.41) is 3.95. The molecular weight excluding hydrogens is 506 g/mol. The molecule has 0 atom stereocenters. The largest absolute Gasteiger partial charge is 0.493 e. The number of carbonyl (C=O) groups excluding carboxylic acids is 1. The number of hydrazone groups is 1. The summed E-state index contributed by atoms with van der Waals surface area (Å²) >= 11 is 0. The van der Waals surface area contributed by atoms with E-state index in [0.717, 1.165) is 0 Å². The van der Waals surface area contributed by atoms with E-state index in [2.05, 4.69) is 10.5 Å². The van der Waals surface area contributed by atoms with Gasteiger partial charge in [0, 0.05) is 6.20 Å². The second-order valence-electron chi connectivity index (χ2n) is 7.91. The molecule has 0 saturated carbocycles. The highest BCUT2D eigenvalue weighted by atomic mass is 32.2. The number of pyridine rings is 1. The van der Waals surface area contributed by atoms with E-state index < -0.39 is 30.5 Å². The number of ether oxygens (including phenoxy) is 2. The van der Waals surface area contributed by atoms with E-state index >= 15 is 0 Å². The van der Waals surface area contributed by atoms with Crippen molar-refractivity contribution in [1.29, 1.82) is 0 Å². The van der Waals surface area contributed by atoms with Crippen LogP contribution in [0.25, 0.3) is 5.52 Å². The molecule has 1 amide bonds. The Labute approximate surface area is 210 Å². The first kappa shape index (κ1) is 27.2. The number of hydrogen-bond donors (Lipinski definition) is 1. The van der Waals surface area contributed by atoms with E-state index in [9.17, 15) is 21.6 Å². The van der Waals surface area contributed by atoms with Crippen molar-refractivity contribution in [3.8, 4) is 11.5 Å². The van der Waals surface area contributed by atoms with Gasteiger partial charge in [0.2, 0.25) is 0 Å². The Balaban J connectivity index is 2.14. The first-order valence-corrected chi connectivity index (χ1v) is 14.6. The van der Waals surface area contributed by atoms with Gasteiger partial charge in [0.05, 0.1) is 37.5 Å². The summed E-state index contributed by atoms with van der Waals surface area (Å²) in [5.41, 5.74) is 2.73.